The van der Waals surface area contributed by atoms with Gasteiger partial charge in [-0.1, -0.05) is 18.2 Å². The summed E-state index contributed by atoms with van der Waals surface area (Å²) in [6.07, 6.45) is 2.83. The van der Waals surface area contributed by atoms with Crippen molar-refractivity contribution in [2.45, 2.75) is 17.0 Å². The van der Waals surface area contributed by atoms with Crippen molar-refractivity contribution in [1.29, 1.82) is 0 Å². The molecule has 2 aromatic rings. The maximum Gasteiger partial charge on any atom is 0.251 e. The molecule has 0 saturated heterocycles. The molecule has 0 fully saturated rings. The van der Waals surface area contributed by atoms with E-state index in [2.05, 4.69) is 9.97 Å². The van der Waals surface area contributed by atoms with Crippen molar-refractivity contribution in [1.82, 2.24) is 9.97 Å². The molecule has 0 atom stereocenters. The molecule has 0 aliphatic rings. The van der Waals surface area contributed by atoms with Crippen LogP contribution in [0.25, 0.3) is 0 Å². The lowest BCUT2D eigenvalue weighted by atomic mass is 10.2. The van der Waals surface area contributed by atoms with E-state index in [9.17, 15) is 8.42 Å². The van der Waals surface area contributed by atoms with Gasteiger partial charge in [-0.15, -0.1) is 0 Å². The minimum Gasteiger partial charge on any atom is -0.227 e. The van der Waals surface area contributed by atoms with Crippen LogP contribution >= 0.6 is 0 Å². The molecule has 82 valence electrons. The van der Waals surface area contributed by atoms with Gasteiger partial charge in [0.05, 0.1) is 4.90 Å². The molecule has 0 aliphatic carbocycles. The van der Waals surface area contributed by atoms with E-state index < -0.39 is 9.84 Å². The summed E-state index contributed by atoms with van der Waals surface area (Å²) in [5.41, 5.74) is 0.690. The van der Waals surface area contributed by atoms with Gasteiger partial charge in [-0.3, -0.25) is 0 Å². The molecule has 1 aromatic carbocycles. The number of rotatable bonds is 2. The fraction of sp³-hybridized carbons (Fsp3) is 0.0909. The Balaban J connectivity index is 2.62. The molecular formula is C11H10N2O2S. The van der Waals surface area contributed by atoms with Gasteiger partial charge < -0.3 is 0 Å². The molecule has 0 amide bonds. The zero-order valence-electron chi connectivity index (χ0n) is 8.66. The zero-order chi connectivity index (χ0) is 11.6. The number of hydrogen-bond acceptors (Lipinski definition) is 4. The Kier molecular flexibility index (Phi) is 2.70. The van der Waals surface area contributed by atoms with Gasteiger partial charge in [-0.25, -0.2) is 18.4 Å². The molecular weight excluding hydrogens is 224 g/mol. The van der Waals surface area contributed by atoms with E-state index in [4.69, 9.17) is 0 Å². The van der Waals surface area contributed by atoms with E-state index in [1.807, 2.05) is 0 Å². The van der Waals surface area contributed by atoms with Crippen LogP contribution in [0.2, 0.25) is 0 Å². The Labute approximate surface area is 93.9 Å². The fourth-order valence-corrected chi connectivity index (χ4v) is 2.73. The minimum atomic E-state index is -3.59. The molecule has 1 heterocycles. The minimum absolute atomic E-state index is 0.163. The van der Waals surface area contributed by atoms with E-state index in [0.717, 1.165) is 0 Å². The average molecular weight is 234 g/mol. The van der Waals surface area contributed by atoms with Crippen LogP contribution in [0.4, 0.5) is 0 Å². The molecule has 0 aliphatic heterocycles. The fourth-order valence-electron chi connectivity index (χ4n) is 1.38. The quantitative estimate of drug-likeness (QED) is 0.741. The van der Waals surface area contributed by atoms with Crippen LogP contribution in [-0.2, 0) is 9.84 Å². The van der Waals surface area contributed by atoms with Gasteiger partial charge in [-0.05, 0) is 24.6 Å². The largest absolute Gasteiger partial charge is 0.251 e. The number of aryl methyl sites for hydroxylation is 1. The summed E-state index contributed by atoms with van der Waals surface area (Å²) in [6, 6.07) is 8.36. The lowest BCUT2D eigenvalue weighted by Crippen LogP contribution is -2.07. The summed E-state index contributed by atoms with van der Waals surface area (Å²) in [7, 11) is -3.59. The van der Waals surface area contributed by atoms with Crippen LogP contribution in [0, 0.1) is 6.92 Å². The van der Waals surface area contributed by atoms with Crippen LogP contribution in [0.1, 0.15) is 5.56 Å². The molecule has 0 N–H and O–H groups in total. The molecule has 16 heavy (non-hydrogen) atoms. The van der Waals surface area contributed by atoms with Gasteiger partial charge in [-0.2, -0.15) is 0 Å². The average Bonchev–Trinajstić information content (AvgIpc) is 2.30. The second-order valence-corrected chi connectivity index (χ2v) is 5.11. The first kappa shape index (κ1) is 10.8. The molecule has 0 bridgehead atoms. The maximum absolute atomic E-state index is 12.1. The third-order valence-corrected chi connectivity index (χ3v) is 3.89. The highest BCUT2D eigenvalue weighted by Crippen LogP contribution is 2.20. The second-order valence-electron chi connectivity index (χ2n) is 3.30. The topological polar surface area (TPSA) is 59.9 Å². The van der Waals surface area contributed by atoms with Crippen LogP contribution in [0.5, 0.6) is 0 Å². The number of benzene rings is 1. The third kappa shape index (κ3) is 1.81. The Morgan fingerprint density at radius 1 is 1.00 bits per heavy atom. The molecule has 0 radical (unpaired) electrons. The molecule has 0 spiro atoms. The molecule has 5 heteroatoms. The van der Waals surface area contributed by atoms with Crippen molar-refractivity contribution < 1.29 is 8.42 Å². The van der Waals surface area contributed by atoms with Crippen LogP contribution in [0.3, 0.4) is 0 Å². The van der Waals surface area contributed by atoms with E-state index in [1.165, 1.54) is 12.4 Å². The first-order valence-corrected chi connectivity index (χ1v) is 6.18. The Morgan fingerprint density at radius 2 is 1.62 bits per heavy atom. The first-order valence-electron chi connectivity index (χ1n) is 4.70. The van der Waals surface area contributed by atoms with Crippen molar-refractivity contribution in [2.75, 3.05) is 0 Å². The van der Waals surface area contributed by atoms with Crippen LogP contribution in [-0.4, -0.2) is 18.4 Å². The number of nitrogens with zero attached hydrogens (tertiary/aromatic N) is 2. The van der Waals surface area contributed by atoms with Crippen LogP contribution < -0.4 is 0 Å². The highest BCUT2D eigenvalue weighted by Gasteiger charge is 2.21. The summed E-state index contributed by atoms with van der Waals surface area (Å²) in [5, 5.41) is -0.163. The summed E-state index contributed by atoms with van der Waals surface area (Å²) in [4.78, 5) is 7.79. The highest BCUT2D eigenvalue weighted by molar-refractivity contribution is 7.91. The number of aromatic nitrogens is 2. The lowest BCUT2D eigenvalue weighted by Gasteiger charge is -2.04. The van der Waals surface area contributed by atoms with Gasteiger partial charge in [0, 0.05) is 12.4 Å². The van der Waals surface area contributed by atoms with E-state index in [-0.39, 0.29) is 10.1 Å². The second kappa shape index (κ2) is 4.02. The van der Waals surface area contributed by atoms with Gasteiger partial charge in [0.15, 0.2) is 0 Å². The number of sulfone groups is 1. The van der Waals surface area contributed by atoms with Gasteiger partial charge >= 0.3 is 0 Å². The summed E-state index contributed by atoms with van der Waals surface area (Å²) < 4.78 is 24.3. The normalized spacial score (nSPS) is 11.3. The SMILES string of the molecule is Cc1ccccc1S(=O)(=O)c1ncccn1. The smallest absolute Gasteiger partial charge is 0.227 e. The van der Waals surface area contributed by atoms with Gasteiger partial charge in [0.25, 0.3) is 5.16 Å². The molecule has 2 rings (SSSR count). The molecule has 0 saturated carbocycles. The first-order chi connectivity index (χ1) is 7.62. The standard InChI is InChI=1S/C11H10N2O2S/c1-9-5-2-3-6-10(9)16(14,15)11-12-7-4-8-13-11/h2-8H,1H3. The zero-order valence-corrected chi connectivity index (χ0v) is 9.48. The van der Waals surface area contributed by atoms with Crippen molar-refractivity contribution in [3.8, 4) is 0 Å². The van der Waals surface area contributed by atoms with Crippen LogP contribution in [0.15, 0.2) is 52.8 Å². The number of hydrogen-bond donors (Lipinski definition) is 0. The molecule has 0 unspecified atom stereocenters. The van der Waals surface area contributed by atoms with Gasteiger partial charge in [0.1, 0.15) is 0 Å². The Hall–Kier alpha value is -1.75. The third-order valence-electron chi connectivity index (χ3n) is 2.17. The summed E-state index contributed by atoms with van der Waals surface area (Å²) >= 11 is 0. The van der Waals surface area contributed by atoms with Gasteiger partial charge in [0.2, 0.25) is 9.84 Å². The van der Waals surface area contributed by atoms with E-state index in [1.54, 1.807) is 37.3 Å². The Morgan fingerprint density at radius 3 is 2.25 bits per heavy atom. The van der Waals surface area contributed by atoms with Crippen molar-refractivity contribution in [2.24, 2.45) is 0 Å². The van der Waals surface area contributed by atoms with Crippen molar-refractivity contribution in [3.05, 3.63) is 48.3 Å². The predicted octanol–water partition coefficient (Wildman–Crippen LogP) is 1.62. The summed E-state index contributed by atoms with van der Waals surface area (Å²) in [5.74, 6) is 0. The predicted molar refractivity (Wildman–Crippen MR) is 58.7 cm³/mol. The highest BCUT2D eigenvalue weighted by atomic mass is 32.2. The van der Waals surface area contributed by atoms with Crippen molar-refractivity contribution in [3.63, 3.8) is 0 Å². The molecule has 1 aromatic heterocycles. The van der Waals surface area contributed by atoms with E-state index >= 15 is 0 Å². The lowest BCUT2D eigenvalue weighted by molar-refractivity contribution is 0.586. The molecule has 4 nitrogen and oxygen atoms in total. The van der Waals surface area contributed by atoms with E-state index in [0.29, 0.717) is 5.56 Å². The Bertz CT molecular complexity index is 594. The monoisotopic (exact) mass is 234 g/mol. The van der Waals surface area contributed by atoms with Crippen molar-refractivity contribution >= 4 is 9.84 Å². The summed E-state index contributed by atoms with van der Waals surface area (Å²) in [6.45, 7) is 1.75. The maximum atomic E-state index is 12.1.